The van der Waals surface area contributed by atoms with E-state index in [0.717, 1.165) is 11.4 Å². The first-order valence-electron chi connectivity index (χ1n) is 5.29. The average molecular weight is 247 g/mol. The lowest BCUT2D eigenvalue weighted by Crippen LogP contribution is -2.12. The molecule has 2 rings (SSSR count). The summed E-state index contributed by atoms with van der Waals surface area (Å²) in [5.41, 5.74) is 7.20. The smallest absolute Gasteiger partial charge is 0.224 e. The van der Waals surface area contributed by atoms with Crippen molar-refractivity contribution in [1.82, 2.24) is 4.98 Å². The van der Waals surface area contributed by atoms with Gasteiger partial charge in [-0.1, -0.05) is 18.2 Å². The molecule has 0 saturated carbocycles. The van der Waals surface area contributed by atoms with E-state index in [2.05, 4.69) is 10.3 Å². The molecule has 3 N–H and O–H groups in total. The van der Waals surface area contributed by atoms with E-state index in [1.54, 1.807) is 0 Å². The Kier molecular flexibility index (Phi) is 3.72. The lowest BCUT2D eigenvalue weighted by Gasteiger charge is -2.03. The van der Waals surface area contributed by atoms with Crippen LogP contribution in [0.1, 0.15) is 12.1 Å². The molecule has 88 valence electrons. The molecule has 1 aromatic heterocycles. The molecule has 4 nitrogen and oxygen atoms in total. The van der Waals surface area contributed by atoms with Gasteiger partial charge < -0.3 is 11.1 Å². The van der Waals surface area contributed by atoms with Gasteiger partial charge in [0.05, 0.1) is 5.69 Å². The molecule has 0 unspecified atom stereocenters. The van der Waals surface area contributed by atoms with Gasteiger partial charge in [-0.25, -0.2) is 4.98 Å². The van der Waals surface area contributed by atoms with Gasteiger partial charge in [0, 0.05) is 17.5 Å². The second-order valence-electron chi connectivity index (χ2n) is 3.59. The van der Waals surface area contributed by atoms with Crippen LogP contribution in [0.3, 0.4) is 0 Å². The largest absolute Gasteiger partial charge is 0.375 e. The Bertz CT molecular complexity index is 495. The Morgan fingerprint density at radius 1 is 1.35 bits per heavy atom. The molecule has 0 fully saturated rings. The van der Waals surface area contributed by atoms with Crippen LogP contribution in [0.25, 0.3) is 0 Å². The zero-order chi connectivity index (χ0) is 12.1. The summed E-state index contributed by atoms with van der Waals surface area (Å²) in [4.78, 5) is 15.7. The number of nitrogens with one attached hydrogen (secondary N) is 1. The number of thiazole rings is 1. The Labute approximate surface area is 103 Å². The number of amides is 1. The van der Waals surface area contributed by atoms with Crippen LogP contribution in [-0.4, -0.2) is 10.9 Å². The average Bonchev–Trinajstić information content (AvgIpc) is 2.74. The second-order valence-corrected chi connectivity index (χ2v) is 4.48. The summed E-state index contributed by atoms with van der Waals surface area (Å²) in [5.74, 6) is -0.0113. The first-order chi connectivity index (χ1) is 8.24. The number of aryl methyl sites for hydroxylation is 1. The molecule has 0 spiro atoms. The van der Waals surface area contributed by atoms with Crippen molar-refractivity contribution >= 4 is 28.1 Å². The van der Waals surface area contributed by atoms with Crippen molar-refractivity contribution in [2.24, 2.45) is 0 Å². The van der Waals surface area contributed by atoms with Crippen LogP contribution in [0.5, 0.6) is 0 Å². The third kappa shape index (κ3) is 3.57. The number of nitrogens with zero attached hydrogens (tertiary/aromatic N) is 1. The first-order valence-corrected chi connectivity index (χ1v) is 6.17. The molecule has 0 aliphatic rings. The monoisotopic (exact) mass is 247 g/mol. The van der Waals surface area contributed by atoms with Crippen molar-refractivity contribution in [3.63, 3.8) is 0 Å². The number of hydrogen-bond acceptors (Lipinski definition) is 4. The summed E-state index contributed by atoms with van der Waals surface area (Å²) in [5, 5.41) is 5.25. The van der Waals surface area contributed by atoms with Gasteiger partial charge in [-0.2, -0.15) is 0 Å². The minimum absolute atomic E-state index is 0.0113. The zero-order valence-electron chi connectivity index (χ0n) is 9.22. The fraction of sp³-hybridized carbons (Fsp3) is 0.167. The lowest BCUT2D eigenvalue weighted by molar-refractivity contribution is -0.116. The lowest BCUT2D eigenvalue weighted by atomic mass is 10.2. The van der Waals surface area contributed by atoms with Crippen LogP contribution in [0.4, 0.5) is 10.8 Å². The number of hydrogen-bond donors (Lipinski definition) is 2. The van der Waals surface area contributed by atoms with Gasteiger partial charge in [0.2, 0.25) is 5.91 Å². The van der Waals surface area contributed by atoms with Crippen LogP contribution >= 0.6 is 11.3 Å². The van der Waals surface area contributed by atoms with E-state index in [9.17, 15) is 4.79 Å². The predicted octanol–water partition coefficient (Wildman–Crippen LogP) is 2.30. The molecule has 1 amide bonds. The normalized spacial score (nSPS) is 10.1. The molecule has 0 bridgehead atoms. The number of benzene rings is 1. The summed E-state index contributed by atoms with van der Waals surface area (Å²) in [6, 6.07) is 9.40. The highest BCUT2D eigenvalue weighted by atomic mass is 32.1. The number of rotatable bonds is 4. The van der Waals surface area contributed by atoms with Crippen LogP contribution in [0, 0.1) is 0 Å². The molecule has 0 saturated heterocycles. The van der Waals surface area contributed by atoms with Gasteiger partial charge in [0.25, 0.3) is 0 Å². The Morgan fingerprint density at radius 2 is 2.12 bits per heavy atom. The molecule has 1 heterocycles. The van der Waals surface area contributed by atoms with Crippen LogP contribution in [0.15, 0.2) is 35.7 Å². The van der Waals surface area contributed by atoms with Gasteiger partial charge in [-0.3, -0.25) is 4.79 Å². The van der Waals surface area contributed by atoms with Crippen molar-refractivity contribution in [3.05, 3.63) is 41.4 Å². The Hall–Kier alpha value is -1.88. The summed E-state index contributed by atoms with van der Waals surface area (Å²) in [7, 11) is 0. The molecule has 17 heavy (non-hydrogen) atoms. The first kappa shape index (κ1) is 11.6. The number of nitrogens with two attached hydrogens (primary N) is 1. The van der Waals surface area contributed by atoms with Crippen LogP contribution < -0.4 is 11.1 Å². The number of para-hydroxylation sites is 1. The molecule has 5 heteroatoms. The standard InChI is InChI=1S/C12H13N3OS/c13-12-15-10(8-17-12)6-7-11(16)14-9-4-2-1-3-5-9/h1-5,8H,6-7H2,(H2,13,15)(H,14,16). The van der Waals surface area contributed by atoms with Gasteiger partial charge in [0.15, 0.2) is 5.13 Å². The van der Waals surface area contributed by atoms with E-state index in [1.807, 2.05) is 35.7 Å². The number of aromatic nitrogens is 1. The maximum absolute atomic E-state index is 11.6. The molecule has 0 atom stereocenters. The van der Waals surface area contributed by atoms with E-state index >= 15 is 0 Å². The van der Waals surface area contributed by atoms with Gasteiger partial charge in [-0.15, -0.1) is 11.3 Å². The van der Waals surface area contributed by atoms with Crippen molar-refractivity contribution < 1.29 is 4.79 Å². The third-order valence-electron chi connectivity index (χ3n) is 2.24. The number of anilines is 2. The van der Waals surface area contributed by atoms with E-state index in [1.165, 1.54) is 11.3 Å². The van der Waals surface area contributed by atoms with Gasteiger partial charge in [-0.05, 0) is 18.6 Å². The summed E-state index contributed by atoms with van der Waals surface area (Å²) in [6.45, 7) is 0. The maximum atomic E-state index is 11.6. The summed E-state index contributed by atoms with van der Waals surface area (Å²) in [6.07, 6.45) is 1.03. The molecular formula is C12H13N3OS. The van der Waals surface area contributed by atoms with E-state index in [-0.39, 0.29) is 5.91 Å². The molecule has 1 aromatic carbocycles. The van der Waals surface area contributed by atoms with Crippen molar-refractivity contribution in [2.45, 2.75) is 12.8 Å². The quantitative estimate of drug-likeness (QED) is 0.871. The molecule has 0 aliphatic carbocycles. The third-order valence-corrected chi connectivity index (χ3v) is 2.96. The highest BCUT2D eigenvalue weighted by molar-refractivity contribution is 7.13. The van der Waals surface area contributed by atoms with Crippen molar-refractivity contribution in [3.8, 4) is 0 Å². The minimum atomic E-state index is -0.0113. The molecular weight excluding hydrogens is 234 g/mol. The zero-order valence-corrected chi connectivity index (χ0v) is 10.0. The number of nitrogen functional groups attached to an aromatic ring is 1. The SMILES string of the molecule is Nc1nc(CCC(=O)Nc2ccccc2)cs1. The van der Waals surface area contributed by atoms with E-state index < -0.39 is 0 Å². The van der Waals surface area contributed by atoms with Gasteiger partial charge >= 0.3 is 0 Å². The fourth-order valence-electron chi connectivity index (χ4n) is 1.42. The van der Waals surface area contributed by atoms with Gasteiger partial charge in [0.1, 0.15) is 0 Å². The summed E-state index contributed by atoms with van der Waals surface area (Å²) < 4.78 is 0. The highest BCUT2D eigenvalue weighted by Crippen LogP contribution is 2.13. The predicted molar refractivity (Wildman–Crippen MR) is 69.9 cm³/mol. The maximum Gasteiger partial charge on any atom is 0.224 e. The summed E-state index contributed by atoms with van der Waals surface area (Å²) >= 11 is 1.40. The van der Waals surface area contributed by atoms with Crippen LogP contribution in [-0.2, 0) is 11.2 Å². The molecule has 2 aromatic rings. The van der Waals surface area contributed by atoms with E-state index in [0.29, 0.717) is 18.0 Å². The molecule has 0 aliphatic heterocycles. The van der Waals surface area contributed by atoms with E-state index in [4.69, 9.17) is 5.73 Å². The highest BCUT2D eigenvalue weighted by Gasteiger charge is 2.04. The van der Waals surface area contributed by atoms with Crippen LogP contribution in [0.2, 0.25) is 0 Å². The Balaban J connectivity index is 1.82. The second kappa shape index (κ2) is 5.45. The van der Waals surface area contributed by atoms with Crippen molar-refractivity contribution in [1.29, 1.82) is 0 Å². The fourth-order valence-corrected chi connectivity index (χ4v) is 2.02. The number of carbonyl (C=O) groups excluding carboxylic acids is 1. The minimum Gasteiger partial charge on any atom is -0.375 e. The Morgan fingerprint density at radius 3 is 2.76 bits per heavy atom. The topological polar surface area (TPSA) is 68.0 Å². The number of carbonyl (C=O) groups is 1. The van der Waals surface area contributed by atoms with Crippen molar-refractivity contribution in [2.75, 3.05) is 11.1 Å². The molecule has 0 radical (unpaired) electrons.